The molecule has 182 valence electrons. The van der Waals surface area contributed by atoms with Crippen molar-refractivity contribution in [1.82, 2.24) is 5.32 Å². The number of nitrogens with one attached hydrogen (secondary N) is 1. The highest BCUT2D eigenvalue weighted by molar-refractivity contribution is 7.92. The molecule has 0 bridgehead atoms. The first kappa shape index (κ1) is 25.5. The van der Waals surface area contributed by atoms with Crippen molar-refractivity contribution in [2.45, 2.75) is 23.5 Å². The van der Waals surface area contributed by atoms with E-state index in [1.54, 1.807) is 42.5 Å². The molecule has 0 aliphatic heterocycles. The second-order valence-electron chi connectivity index (χ2n) is 7.88. The van der Waals surface area contributed by atoms with Gasteiger partial charge in [-0.3, -0.25) is 4.31 Å². The van der Waals surface area contributed by atoms with Crippen LogP contribution < -0.4 is 14.4 Å². The second-order valence-corrected chi connectivity index (χ2v) is 9.85. The van der Waals surface area contributed by atoms with E-state index >= 15 is 0 Å². The van der Waals surface area contributed by atoms with Crippen LogP contribution in [0.4, 0.5) is 5.69 Å². The first-order valence-corrected chi connectivity index (χ1v) is 12.3. The summed E-state index contributed by atoms with van der Waals surface area (Å²) >= 11 is 0. The molecule has 0 spiro atoms. The average Bonchev–Trinajstić information content (AvgIpc) is 2.87. The summed E-state index contributed by atoms with van der Waals surface area (Å²) in [5.74, 6) is 0.485. The molecule has 0 aromatic heterocycles. The predicted octanol–water partition coefficient (Wildman–Crippen LogP) is 2.15. The normalized spacial score (nSPS) is 13.3. The Morgan fingerprint density at radius 3 is 2.29 bits per heavy atom. The van der Waals surface area contributed by atoms with Crippen molar-refractivity contribution in [2.24, 2.45) is 0 Å². The lowest BCUT2D eigenvalue weighted by atomic mass is 10.0. The molecule has 0 radical (unpaired) electrons. The predicted molar refractivity (Wildman–Crippen MR) is 131 cm³/mol. The molecule has 2 atom stereocenters. The summed E-state index contributed by atoms with van der Waals surface area (Å²) in [5.41, 5.74) is 0.846. The maximum absolute atomic E-state index is 12.9. The van der Waals surface area contributed by atoms with Crippen LogP contribution in [-0.2, 0) is 16.4 Å². The van der Waals surface area contributed by atoms with Gasteiger partial charge < -0.3 is 25.4 Å². The minimum atomic E-state index is -3.85. The van der Waals surface area contributed by atoms with Gasteiger partial charge >= 0.3 is 0 Å². The number of aliphatic hydroxyl groups is 2. The van der Waals surface area contributed by atoms with Crippen LogP contribution in [-0.4, -0.2) is 62.7 Å². The van der Waals surface area contributed by atoms with Crippen molar-refractivity contribution < 1.29 is 28.5 Å². The number of benzene rings is 3. The zero-order chi connectivity index (χ0) is 24.6. The minimum Gasteiger partial charge on any atom is -0.506 e. The van der Waals surface area contributed by atoms with Crippen molar-refractivity contribution in [3.05, 3.63) is 84.4 Å². The quantitative estimate of drug-likeness (QED) is 0.310. The molecular formula is C25H30N2O6S. The van der Waals surface area contributed by atoms with E-state index < -0.39 is 16.1 Å². The van der Waals surface area contributed by atoms with E-state index in [0.717, 1.165) is 4.31 Å². The van der Waals surface area contributed by atoms with Gasteiger partial charge in [-0.05, 0) is 48.4 Å². The van der Waals surface area contributed by atoms with Crippen molar-refractivity contribution in [3.8, 4) is 11.5 Å². The van der Waals surface area contributed by atoms with Crippen molar-refractivity contribution in [2.75, 3.05) is 31.1 Å². The van der Waals surface area contributed by atoms with Gasteiger partial charge in [0.15, 0.2) is 0 Å². The number of aliphatic hydroxyl groups excluding tert-OH is 2. The van der Waals surface area contributed by atoms with Gasteiger partial charge in [-0.15, -0.1) is 0 Å². The zero-order valence-corrected chi connectivity index (χ0v) is 19.7. The topological polar surface area (TPSA) is 119 Å². The lowest BCUT2D eigenvalue weighted by Gasteiger charge is -2.23. The van der Waals surface area contributed by atoms with Gasteiger partial charge in [-0.1, -0.05) is 42.5 Å². The van der Waals surface area contributed by atoms with Crippen molar-refractivity contribution in [3.63, 3.8) is 0 Å². The van der Waals surface area contributed by atoms with E-state index in [2.05, 4.69) is 5.32 Å². The zero-order valence-electron chi connectivity index (χ0n) is 18.9. The molecule has 0 aliphatic rings. The van der Waals surface area contributed by atoms with Crippen LogP contribution in [0.2, 0.25) is 0 Å². The number of sulfonamides is 1. The number of phenols is 1. The van der Waals surface area contributed by atoms with Crippen LogP contribution in [0.25, 0.3) is 0 Å². The number of aromatic hydroxyl groups is 1. The summed E-state index contributed by atoms with van der Waals surface area (Å²) in [7, 11) is -2.47. The fraction of sp³-hybridized carbons (Fsp3) is 0.280. The smallest absolute Gasteiger partial charge is 0.264 e. The highest BCUT2D eigenvalue weighted by Crippen LogP contribution is 2.31. The van der Waals surface area contributed by atoms with Gasteiger partial charge in [0.25, 0.3) is 10.0 Å². The van der Waals surface area contributed by atoms with Gasteiger partial charge in [0.1, 0.15) is 24.2 Å². The molecular weight excluding hydrogens is 456 g/mol. The van der Waals surface area contributed by atoms with Gasteiger partial charge in [-0.2, -0.15) is 0 Å². The third kappa shape index (κ3) is 6.71. The molecule has 9 heteroatoms. The number of rotatable bonds is 12. The summed E-state index contributed by atoms with van der Waals surface area (Å²) in [5, 5.41) is 33.4. The van der Waals surface area contributed by atoms with Gasteiger partial charge in [0, 0.05) is 19.6 Å². The monoisotopic (exact) mass is 486 g/mol. The summed E-state index contributed by atoms with van der Waals surface area (Å²) in [4.78, 5) is 0.115. The van der Waals surface area contributed by atoms with Gasteiger partial charge in [0.2, 0.25) is 0 Å². The largest absolute Gasteiger partial charge is 0.506 e. The summed E-state index contributed by atoms with van der Waals surface area (Å²) < 4.78 is 32.4. The van der Waals surface area contributed by atoms with E-state index in [0.29, 0.717) is 17.7 Å². The summed E-state index contributed by atoms with van der Waals surface area (Å²) in [6.45, 7) is 0.104. The lowest BCUT2D eigenvalue weighted by Crippen LogP contribution is -2.41. The average molecular weight is 487 g/mol. The summed E-state index contributed by atoms with van der Waals surface area (Å²) in [6, 6.07) is 21.4. The molecule has 4 N–H and O–H groups in total. The molecule has 0 heterocycles. The highest BCUT2D eigenvalue weighted by Gasteiger charge is 2.24. The number of phenolic OH excluding ortho intramolecular Hbond substituents is 1. The maximum atomic E-state index is 12.9. The Labute approximate surface area is 200 Å². The Kier molecular flexibility index (Phi) is 8.89. The molecule has 0 saturated heterocycles. The minimum absolute atomic E-state index is 0.0979. The van der Waals surface area contributed by atoms with Gasteiger partial charge in [-0.25, -0.2) is 8.42 Å². The highest BCUT2D eigenvalue weighted by atomic mass is 32.2. The van der Waals surface area contributed by atoms with Crippen LogP contribution in [0.1, 0.15) is 5.56 Å². The Morgan fingerprint density at radius 2 is 1.65 bits per heavy atom. The molecule has 0 saturated carbocycles. The Morgan fingerprint density at radius 1 is 1.00 bits per heavy atom. The lowest BCUT2D eigenvalue weighted by molar-refractivity contribution is 0.0997. The first-order valence-electron chi connectivity index (χ1n) is 10.9. The van der Waals surface area contributed by atoms with Crippen LogP contribution in [0.15, 0.2) is 83.8 Å². The fourth-order valence-electron chi connectivity index (χ4n) is 3.38. The third-order valence-electron chi connectivity index (χ3n) is 5.31. The molecule has 0 unspecified atom stereocenters. The Balaban J connectivity index is 1.62. The van der Waals surface area contributed by atoms with E-state index in [1.807, 2.05) is 18.2 Å². The van der Waals surface area contributed by atoms with E-state index in [4.69, 9.17) is 4.74 Å². The number of nitrogens with zero attached hydrogens (tertiary/aromatic N) is 1. The molecule has 3 rings (SSSR count). The van der Waals surface area contributed by atoms with E-state index in [9.17, 15) is 23.7 Å². The molecule has 3 aromatic carbocycles. The standard InChI is InChI=1S/C25H30N2O6S/c1-27(34(31,32)23-10-6-3-7-11-23)24-15-19(12-13-25(24)30)14-20(17-28)26-16-21(29)18-33-22-8-4-2-5-9-22/h2-13,15,20-21,26,28-30H,14,16-18H2,1H3/t20-,21-/m0/s1. The molecule has 0 fully saturated rings. The molecule has 8 nitrogen and oxygen atoms in total. The van der Waals surface area contributed by atoms with Crippen LogP contribution >= 0.6 is 0 Å². The fourth-order valence-corrected chi connectivity index (χ4v) is 4.61. The van der Waals surface area contributed by atoms with Gasteiger partial charge in [0.05, 0.1) is 17.2 Å². The maximum Gasteiger partial charge on any atom is 0.264 e. The Bertz CT molecular complexity index is 1140. The molecule has 0 amide bonds. The van der Waals surface area contributed by atoms with Crippen molar-refractivity contribution in [1.29, 1.82) is 0 Å². The van der Waals surface area contributed by atoms with Crippen LogP contribution in [0, 0.1) is 0 Å². The van der Waals surface area contributed by atoms with E-state index in [-0.39, 0.29) is 42.1 Å². The molecule has 3 aromatic rings. The molecule has 0 aliphatic carbocycles. The second kappa shape index (κ2) is 11.8. The third-order valence-corrected chi connectivity index (χ3v) is 7.10. The van der Waals surface area contributed by atoms with E-state index in [1.165, 1.54) is 25.2 Å². The summed E-state index contributed by atoms with van der Waals surface area (Å²) in [6.07, 6.45) is -0.429. The number of anilines is 1. The number of para-hydroxylation sites is 1. The first-order chi connectivity index (χ1) is 16.3. The van der Waals surface area contributed by atoms with Crippen LogP contribution in [0.5, 0.6) is 11.5 Å². The van der Waals surface area contributed by atoms with Crippen LogP contribution in [0.3, 0.4) is 0 Å². The number of hydrogen-bond acceptors (Lipinski definition) is 7. The molecule has 34 heavy (non-hydrogen) atoms. The number of hydrogen-bond donors (Lipinski definition) is 4. The Hall–Kier alpha value is -3.11. The van der Waals surface area contributed by atoms with Crippen molar-refractivity contribution >= 4 is 15.7 Å². The number of ether oxygens (including phenoxy) is 1. The SMILES string of the molecule is CN(c1cc(C[C@@H](CO)NC[C@H](O)COc2ccccc2)ccc1O)S(=O)(=O)c1ccccc1.